The topological polar surface area (TPSA) is 66.4 Å². The third kappa shape index (κ3) is 4.12. The van der Waals surface area contributed by atoms with E-state index in [1.165, 1.54) is 5.56 Å². The van der Waals surface area contributed by atoms with E-state index in [9.17, 15) is 9.59 Å². The monoisotopic (exact) mass is 315 g/mol. The first-order valence-electron chi connectivity index (χ1n) is 8.69. The van der Waals surface area contributed by atoms with Crippen LogP contribution in [-0.4, -0.2) is 23.0 Å². The number of rotatable bonds is 5. The predicted octanol–water partition coefficient (Wildman–Crippen LogP) is 3.33. The van der Waals surface area contributed by atoms with E-state index in [1.54, 1.807) is 0 Å². The summed E-state index contributed by atoms with van der Waals surface area (Å²) in [5.41, 5.74) is 1.42. The Morgan fingerprint density at radius 1 is 1.04 bits per heavy atom. The van der Waals surface area contributed by atoms with Gasteiger partial charge in [0.15, 0.2) is 0 Å². The maximum atomic E-state index is 12.1. The Morgan fingerprint density at radius 3 is 2.30 bits per heavy atom. The molecule has 23 heavy (non-hydrogen) atoms. The minimum absolute atomic E-state index is 0.0734. The number of hydrogen-bond donors (Lipinski definition) is 2. The lowest BCUT2D eigenvalue weighted by Gasteiger charge is -2.34. The van der Waals surface area contributed by atoms with Gasteiger partial charge in [-0.25, -0.2) is 0 Å². The van der Waals surface area contributed by atoms with Crippen molar-refractivity contribution >= 4 is 11.9 Å². The Morgan fingerprint density at radius 2 is 1.70 bits per heavy atom. The summed E-state index contributed by atoms with van der Waals surface area (Å²) in [6.07, 6.45) is 6.29. The highest BCUT2D eigenvalue weighted by Gasteiger charge is 2.35. The molecule has 1 aromatic rings. The Hall–Kier alpha value is -1.84. The van der Waals surface area contributed by atoms with E-state index >= 15 is 0 Å². The van der Waals surface area contributed by atoms with E-state index in [0.29, 0.717) is 31.1 Å². The second-order valence-electron chi connectivity index (χ2n) is 7.10. The molecule has 0 atom stereocenters. The summed E-state index contributed by atoms with van der Waals surface area (Å²) in [5.74, 6) is 0.210. The highest BCUT2D eigenvalue weighted by molar-refractivity contribution is 5.77. The van der Waals surface area contributed by atoms with Crippen LogP contribution >= 0.6 is 0 Å². The van der Waals surface area contributed by atoms with E-state index < -0.39 is 5.97 Å². The zero-order valence-corrected chi connectivity index (χ0v) is 13.4. The van der Waals surface area contributed by atoms with Gasteiger partial charge in [0.05, 0.1) is 5.92 Å². The molecular formula is C19H25NO3. The second kappa shape index (κ2) is 7.16. The van der Waals surface area contributed by atoms with Crippen LogP contribution in [0.1, 0.15) is 56.4 Å². The molecule has 0 aromatic heterocycles. The number of carbonyl (C=O) groups excluding carboxylic acids is 1. The highest BCUT2D eigenvalue weighted by atomic mass is 16.4. The van der Waals surface area contributed by atoms with Crippen LogP contribution in [-0.2, 0) is 9.59 Å². The van der Waals surface area contributed by atoms with Gasteiger partial charge in [-0.05, 0) is 55.9 Å². The van der Waals surface area contributed by atoms with Gasteiger partial charge < -0.3 is 10.4 Å². The standard InChI is InChI=1S/C19H25NO3/c21-18(20-17-11-16(12-17)19(22)23)10-13-6-8-15(9-7-13)14-4-2-1-3-5-14/h1-5,13,15-17H,6-12H2,(H,20,21)(H,22,23). The molecule has 124 valence electrons. The van der Waals surface area contributed by atoms with Gasteiger partial charge in [-0.3, -0.25) is 9.59 Å². The van der Waals surface area contributed by atoms with E-state index in [1.807, 2.05) is 0 Å². The quantitative estimate of drug-likeness (QED) is 0.876. The summed E-state index contributed by atoms with van der Waals surface area (Å²) in [6.45, 7) is 0. The van der Waals surface area contributed by atoms with Gasteiger partial charge in [0.2, 0.25) is 5.91 Å². The van der Waals surface area contributed by atoms with Crippen molar-refractivity contribution in [2.45, 2.75) is 56.9 Å². The van der Waals surface area contributed by atoms with E-state index in [2.05, 4.69) is 35.6 Å². The number of carboxylic acids is 1. The molecular weight excluding hydrogens is 290 g/mol. The molecule has 2 N–H and O–H groups in total. The SMILES string of the molecule is O=C(CC1CCC(c2ccccc2)CC1)NC1CC(C(=O)O)C1. The lowest BCUT2D eigenvalue weighted by atomic mass is 9.77. The largest absolute Gasteiger partial charge is 0.481 e. The minimum atomic E-state index is -0.741. The summed E-state index contributed by atoms with van der Waals surface area (Å²) in [4.78, 5) is 22.8. The Bertz CT molecular complexity index is 543. The van der Waals surface area contributed by atoms with Crippen LogP contribution in [0, 0.1) is 11.8 Å². The van der Waals surface area contributed by atoms with Gasteiger partial charge in [-0.15, -0.1) is 0 Å². The van der Waals surface area contributed by atoms with Crippen molar-refractivity contribution in [2.24, 2.45) is 11.8 Å². The second-order valence-corrected chi connectivity index (χ2v) is 7.10. The van der Waals surface area contributed by atoms with Crippen molar-refractivity contribution in [2.75, 3.05) is 0 Å². The molecule has 0 radical (unpaired) electrons. The lowest BCUT2D eigenvalue weighted by molar-refractivity contribution is -0.146. The van der Waals surface area contributed by atoms with E-state index in [0.717, 1.165) is 25.7 Å². The van der Waals surface area contributed by atoms with Crippen LogP contribution in [0.25, 0.3) is 0 Å². The van der Waals surface area contributed by atoms with Crippen molar-refractivity contribution in [3.63, 3.8) is 0 Å². The molecule has 0 saturated heterocycles. The first kappa shape index (κ1) is 16.0. The van der Waals surface area contributed by atoms with Crippen LogP contribution in [0.2, 0.25) is 0 Å². The fraction of sp³-hybridized carbons (Fsp3) is 0.579. The molecule has 0 heterocycles. The number of benzene rings is 1. The molecule has 4 heteroatoms. The first-order chi connectivity index (χ1) is 11.1. The average Bonchev–Trinajstić information content (AvgIpc) is 2.52. The summed E-state index contributed by atoms with van der Waals surface area (Å²) >= 11 is 0. The van der Waals surface area contributed by atoms with Gasteiger partial charge in [-0.2, -0.15) is 0 Å². The van der Waals surface area contributed by atoms with Gasteiger partial charge in [0, 0.05) is 12.5 Å². The maximum absolute atomic E-state index is 12.1. The van der Waals surface area contributed by atoms with E-state index in [4.69, 9.17) is 5.11 Å². The van der Waals surface area contributed by atoms with E-state index in [-0.39, 0.29) is 17.9 Å². The van der Waals surface area contributed by atoms with Crippen molar-refractivity contribution in [1.82, 2.24) is 5.32 Å². The number of carboxylic acid groups (broad SMARTS) is 1. The average molecular weight is 315 g/mol. The molecule has 3 rings (SSSR count). The lowest BCUT2D eigenvalue weighted by Crippen LogP contribution is -2.47. The summed E-state index contributed by atoms with van der Waals surface area (Å²) in [7, 11) is 0. The van der Waals surface area contributed by atoms with Crippen molar-refractivity contribution in [1.29, 1.82) is 0 Å². The molecule has 4 nitrogen and oxygen atoms in total. The molecule has 2 aliphatic rings. The highest BCUT2D eigenvalue weighted by Crippen LogP contribution is 2.37. The molecule has 0 aliphatic heterocycles. The smallest absolute Gasteiger partial charge is 0.306 e. The number of aliphatic carboxylic acids is 1. The molecule has 2 aliphatic carbocycles. The van der Waals surface area contributed by atoms with Crippen molar-refractivity contribution in [3.05, 3.63) is 35.9 Å². The third-order valence-corrected chi connectivity index (χ3v) is 5.44. The molecule has 2 saturated carbocycles. The summed E-state index contributed by atoms with van der Waals surface area (Å²) < 4.78 is 0. The van der Waals surface area contributed by atoms with Crippen molar-refractivity contribution < 1.29 is 14.7 Å². The Balaban J connectivity index is 1.37. The first-order valence-corrected chi connectivity index (χ1v) is 8.69. The fourth-order valence-electron chi connectivity index (χ4n) is 3.91. The van der Waals surface area contributed by atoms with Gasteiger partial charge in [0.25, 0.3) is 0 Å². The minimum Gasteiger partial charge on any atom is -0.481 e. The zero-order valence-electron chi connectivity index (χ0n) is 13.4. The van der Waals surface area contributed by atoms with Crippen molar-refractivity contribution in [3.8, 4) is 0 Å². The summed E-state index contributed by atoms with van der Waals surface area (Å²) in [5, 5.41) is 11.8. The maximum Gasteiger partial charge on any atom is 0.306 e. The number of hydrogen-bond acceptors (Lipinski definition) is 2. The van der Waals surface area contributed by atoms with Gasteiger partial charge in [-0.1, -0.05) is 30.3 Å². The number of amides is 1. The van der Waals surface area contributed by atoms with Crippen LogP contribution in [0.4, 0.5) is 0 Å². The molecule has 2 fully saturated rings. The van der Waals surface area contributed by atoms with Crippen LogP contribution in [0.15, 0.2) is 30.3 Å². The van der Waals surface area contributed by atoms with Gasteiger partial charge in [0.1, 0.15) is 0 Å². The predicted molar refractivity (Wildman–Crippen MR) is 88.0 cm³/mol. The third-order valence-electron chi connectivity index (χ3n) is 5.44. The molecule has 0 spiro atoms. The molecule has 1 amide bonds. The summed E-state index contributed by atoms with van der Waals surface area (Å²) in [6, 6.07) is 10.7. The zero-order chi connectivity index (χ0) is 16.2. The number of carbonyl (C=O) groups is 2. The van der Waals surface area contributed by atoms with Crippen LogP contribution < -0.4 is 5.32 Å². The Labute approximate surface area is 137 Å². The molecule has 0 unspecified atom stereocenters. The van der Waals surface area contributed by atoms with Crippen LogP contribution in [0.3, 0.4) is 0 Å². The Kier molecular flexibility index (Phi) is 4.99. The number of nitrogens with one attached hydrogen (secondary N) is 1. The van der Waals surface area contributed by atoms with Gasteiger partial charge >= 0.3 is 5.97 Å². The molecule has 1 aromatic carbocycles. The normalized spacial score (nSPS) is 30.3. The fourth-order valence-corrected chi connectivity index (χ4v) is 3.91. The molecule has 0 bridgehead atoms. The van der Waals surface area contributed by atoms with Crippen LogP contribution in [0.5, 0.6) is 0 Å².